The third-order valence-corrected chi connectivity index (χ3v) is 3.55. The summed E-state index contributed by atoms with van der Waals surface area (Å²) in [5.41, 5.74) is 1.50. The fourth-order valence-electron chi connectivity index (χ4n) is 2.28. The maximum absolute atomic E-state index is 12.0. The lowest BCUT2D eigenvalue weighted by molar-refractivity contribution is -0.116. The summed E-state index contributed by atoms with van der Waals surface area (Å²) in [5, 5.41) is 5.55. The quantitative estimate of drug-likeness (QED) is 0.625. The molecule has 3 rings (SSSR count). The molecule has 0 spiro atoms. The average Bonchev–Trinajstić information content (AvgIpc) is 3.37. The first-order chi connectivity index (χ1) is 13.2. The van der Waals surface area contributed by atoms with Crippen LogP contribution >= 0.6 is 0 Å². The Morgan fingerprint density at radius 1 is 0.852 bits per heavy atom. The first kappa shape index (κ1) is 18.0. The number of nitrogens with one attached hydrogen (secondary N) is 2. The Morgan fingerprint density at radius 2 is 1.52 bits per heavy atom. The van der Waals surface area contributed by atoms with Gasteiger partial charge >= 0.3 is 0 Å². The minimum atomic E-state index is -0.269. The van der Waals surface area contributed by atoms with E-state index in [4.69, 9.17) is 8.83 Å². The van der Waals surface area contributed by atoms with Crippen molar-refractivity contribution >= 4 is 29.7 Å². The minimum absolute atomic E-state index is 0.234. The first-order valence-electron chi connectivity index (χ1n) is 8.30. The second-order valence-corrected chi connectivity index (χ2v) is 5.60. The minimum Gasteiger partial charge on any atom is -0.465 e. The van der Waals surface area contributed by atoms with Crippen molar-refractivity contribution in [3.05, 3.63) is 90.3 Å². The van der Waals surface area contributed by atoms with E-state index in [-0.39, 0.29) is 11.8 Å². The normalized spacial score (nSPS) is 11.1. The number of furan rings is 2. The highest BCUT2D eigenvalue weighted by Crippen LogP contribution is 2.11. The molecule has 0 saturated heterocycles. The molecule has 0 unspecified atom stereocenters. The second-order valence-electron chi connectivity index (χ2n) is 5.60. The predicted molar refractivity (Wildman–Crippen MR) is 102 cm³/mol. The molecule has 2 N–H and O–H groups in total. The van der Waals surface area contributed by atoms with Gasteiger partial charge in [-0.15, -0.1) is 0 Å². The molecule has 0 aliphatic carbocycles. The molecule has 0 aliphatic heterocycles. The number of amides is 2. The second kappa shape index (κ2) is 9.05. The number of hydrogen-bond donors (Lipinski definition) is 2. The number of benzene rings is 1. The van der Waals surface area contributed by atoms with E-state index >= 15 is 0 Å². The molecule has 3 aromatic rings. The molecule has 6 nitrogen and oxygen atoms in total. The van der Waals surface area contributed by atoms with Crippen LogP contribution in [0.5, 0.6) is 0 Å². The van der Waals surface area contributed by atoms with Gasteiger partial charge in [0.1, 0.15) is 11.5 Å². The summed E-state index contributed by atoms with van der Waals surface area (Å²) >= 11 is 0. The van der Waals surface area contributed by atoms with Crippen LogP contribution in [0.2, 0.25) is 0 Å². The number of carbonyl (C=O) groups is 2. The van der Waals surface area contributed by atoms with Crippen molar-refractivity contribution in [1.82, 2.24) is 5.32 Å². The summed E-state index contributed by atoms with van der Waals surface area (Å²) in [6.07, 6.45) is 9.07. The highest BCUT2D eigenvalue weighted by Gasteiger charge is 2.02. The molecular weight excluding hydrogens is 344 g/mol. The van der Waals surface area contributed by atoms with Gasteiger partial charge in [0.15, 0.2) is 0 Å². The monoisotopic (exact) mass is 362 g/mol. The van der Waals surface area contributed by atoms with Crippen LogP contribution < -0.4 is 10.6 Å². The summed E-state index contributed by atoms with van der Waals surface area (Å²) in [5.74, 6) is 0.706. The third kappa shape index (κ3) is 5.89. The van der Waals surface area contributed by atoms with Crippen molar-refractivity contribution in [1.29, 1.82) is 0 Å². The zero-order valence-corrected chi connectivity index (χ0v) is 14.4. The molecule has 6 heteroatoms. The van der Waals surface area contributed by atoms with Gasteiger partial charge in [0.25, 0.3) is 0 Å². The Kier molecular flexibility index (Phi) is 6.04. The van der Waals surface area contributed by atoms with Gasteiger partial charge in [-0.05, 0) is 54.1 Å². The average molecular weight is 362 g/mol. The topological polar surface area (TPSA) is 84.5 Å². The summed E-state index contributed by atoms with van der Waals surface area (Å²) in [6, 6.07) is 14.3. The maximum atomic E-state index is 12.0. The summed E-state index contributed by atoms with van der Waals surface area (Å²) in [4.78, 5) is 23.8. The van der Waals surface area contributed by atoms with E-state index in [1.54, 1.807) is 61.1 Å². The van der Waals surface area contributed by atoms with Crippen LogP contribution in [-0.4, -0.2) is 11.8 Å². The van der Waals surface area contributed by atoms with Crippen LogP contribution in [0, 0.1) is 0 Å². The third-order valence-electron chi connectivity index (χ3n) is 3.55. The Hall–Kier alpha value is -3.80. The molecule has 2 amide bonds. The van der Waals surface area contributed by atoms with Gasteiger partial charge in [-0.25, -0.2) is 0 Å². The number of carbonyl (C=O) groups excluding carboxylic acids is 2. The molecule has 2 aromatic heterocycles. The zero-order chi connectivity index (χ0) is 18.9. The van der Waals surface area contributed by atoms with Crippen molar-refractivity contribution in [3.8, 4) is 0 Å². The van der Waals surface area contributed by atoms with Crippen molar-refractivity contribution in [3.63, 3.8) is 0 Å². The Bertz CT molecular complexity index is 938. The van der Waals surface area contributed by atoms with Gasteiger partial charge in [0.2, 0.25) is 11.8 Å². The molecule has 0 saturated carbocycles. The number of anilines is 1. The van der Waals surface area contributed by atoms with Crippen LogP contribution in [0.4, 0.5) is 5.69 Å². The summed E-state index contributed by atoms with van der Waals surface area (Å²) in [6.45, 7) is 0.341. The van der Waals surface area contributed by atoms with E-state index in [1.165, 1.54) is 12.2 Å². The molecule has 0 bridgehead atoms. The van der Waals surface area contributed by atoms with Gasteiger partial charge in [-0.3, -0.25) is 9.59 Å². The summed E-state index contributed by atoms with van der Waals surface area (Å²) < 4.78 is 10.3. The smallest absolute Gasteiger partial charge is 0.248 e. The molecule has 27 heavy (non-hydrogen) atoms. The van der Waals surface area contributed by atoms with Crippen molar-refractivity contribution in [2.75, 3.05) is 5.32 Å². The van der Waals surface area contributed by atoms with Gasteiger partial charge in [-0.1, -0.05) is 12.1 Å². The van der Waals surface area contributed by atoms with Crippen LogP contribution in [0.15, 0.2) is 82.0 Å². The summed E-state index contributed by atoms with van der Waals surface area (Å²) in [7, 11) is 0. The van der Waals surface area contributed by atoms with Gasteiger partial charge in [-0.2, -0.15) is 0 Å². The largest absolute Gasteiger partial charge is 0.465 e. The van der Waals surface area contributed by atoms with Crippen LogP contribution in [0.1, 0.15) is 17.1 Å². The van der Waals surface area contributed by atoms with Gasteiger partial charge < -0.3 is 19.5 Å². The lowest BCUT2D eigenvalue weighted by atomic mass is 10.2. The fourth-order valence-corrected chi connectivity index (χ4v) is 2.28. The van der Waals surface area contributed by atoms with Crippen LogP contribution in [0.3, 0.4) is 0 Å². The molecule has 0 radical (unpaired) electrons. The van der Waals surface area contributed by atoms with Crippen molar-refractivity contribution in [2.24, 2.45) is 0 Å². The Labute approximate surface area is 156 Å². The van der Waals surface area contributed by atoms with Gasteiger partial charge in [0, 0.05) is 24.4 Å². The fraction of sp³-hybridized carbons (Fsp3) is 0.0476. The zero-order valence-electron chi connectivity index (χ0n) is 14.4. The van der Waals surface area contributed by atoms with E-state index in [1.807, 2.05) is 12.1 Å². The number of hydrogen-bond acceptors (Lipinski definition) is 4. The lowest BCUT2D eigenvalue weighted by Crippen LogP contribution is -2.20. The molecule has 136 valence electrons. The Balaban J connectivity index is 1.51. The van der Waals surface area contributed by atoms with E-state index in [2.05, 4.69) is 10.6 Å². The molecule has 0 fully saturated rings. The van der Waals surface area contributed by atoms with Crippen molar-refractivity contribution < 1.29 is 18.4 Å². The first-order valence-corrected chi connectivity index (χ1v) is 8.30. The lowest BCUT2D eigenvalue weighted by Gasteiger charge is -2.06. The van der Waals surface area contributed by atoms with Crippen LogP contribution in [-0.2, 0) is 16.1 Å². The Morgan fingerprint density at radius 3 is 2.15 bits per heavy atom. The highest BCUT2D eigenvalue weighted by atomic mass is 16.3. The molecule has 0 aliphatic rings. The maximum Gasteiger partial charge on any atom is 0.248 e. The molecule has 2 heterocycles. The molecule has 0 atom stereocenters. The molecular formula is C21H18N2O4. The number of rotatable bonds is 7. The van der Waals surface area contributed by atoms with E-state index < -0.39 is 0 Å². The predicted octanol–water partition coefficient (Wildman–Crippen LogP) is 3.85. The SMILES string of the molecule is O=C(/C=C/c1ccco1)NCc1cccc(NC(=O)/C=C/c2ccco2)c1. The van der Waals surface area contributed by atoms with Crippen LogP contribution in [0.25, 0.3) is 12.2 Å². The van der Waals surface area contributed by atoms with E-state index in [0.717, 1.165) is 5.56 Å². The van der Waals surface area contributed by atoms with Gasteiger partial charge in [0.05, 0.1) is 12.5 Å². The molecule has 1 aromatic carbocycles. The van der Waals surface area contributed by atoms with E-state index in [0.29, 0.717) is 23.8 Å². The van der Waals surface area contributed by atoms with E-state index in [9.17, 15) is 9.59 Å². The highest BCUT2D eigenvalue weighted by molar-refractivity contribution is 6.01. The van der Waals surface area contributed by atoms with Crippen molar-refractivity contribution in [2.45, 2.75) is 6.54 Å². The standard InChI is InChI=1S/C21H18N2O4/c24-20(10-8-18-6-2-12-26-18)22-15-16-4-1-5-17(14-16)23-21(25)11-9-19-7-3-13-27-19/h1-14H,15H2,(H,22,24)(H,23,25)/b10-8+,11-9+.